The van der Waals surface area contributed by atoms with Crippen LogP contribution in [0.4, 0.5) is 5.69 Å². The van der Waals surface area contributed by atoms with Gasteiger partial charge in [-0.25, -0.2) is 15.4 Å². The van der Waals surface area contributed by atoms with Crippen molar-refractivity contribution in [2.75, 3.05) is 25.2 Å². The number of hydroxylamine groups is 1. The predicted octanol–water partition coefficient (Wildman–Crippen LogP) is 3.31. The Balaban J connectivity index is 0.000000416. The molecule has 4 rings (SSSR count). The maximum Gasteiger partial charge on any atom is 0.361 e. The number of nitrogens with one attached hydrogen (secondary N) is 2. The lowest BCUT2D eigenvalue weighted by molar-refractivity contribution is -0.816. The molecule has 2 aliphatic heterocycles. The average Bonchev–Trinajstić information content (AvgIpc) is 3.17. The SMILES string of the molecule is C1CCNCC1.COc1ccc(C2C(C)C(C(=O)[NH2+]O)NN2c2ccc(Cl)cc2Cl)cc1. The molecule has 0 saturated carbocycles. The Morgan fingerprint density at radius 2 is 1.81 bits per heavy atom. The first-order valence-electron chi connectivity index (χ1n) is 10.8. The van der Waals surface area contributed by atoms with Gasteiger partial charge in [0.05, 0.1) is 23.9 Å². The summed E-state index contributed by atoms with van der Waals surface area (Å²) in [6.07, 6.45) is 4.22. The van der Waals surface area contributed by atoms with Crippen molar-refractivity contribution in [3.8, 4) is 5.75 Å². The number of hydrogen-bond donors (Lipinski definition) is 4. The van der Waals surface area contributed by atoms with Gasteiger partial charge in [-0.3, -0.25) is 5.01 Å². The topological polar surface area (TPSA) is 90.4 Å². The second-order valence-electron chi connectivity index (χ2n) is 7.99. The Morgan fingerprint density at radius 1 is 1.12 bits per heavy atom. The van der Waals surface area contributed by atoms with E-state index in [2.05, 4.69) is 10.7 Å². The summed E-state index contributed by atoms with van der Waals surface area (Å²) in [5.41, 5.74) is 5.48. The van der Waals surface area contributed by atoms with E-state index >= 15 is 0 Å². The Bertz CT molecular complexity index is 882. The number of hydrogen-bond acceptors (Lipinski definition) is 6. The fraction of sp³-hybridized carbons (Fsp3) is 0.435. The van der Waals surface area contributed by atoms with Gasteiger partial charge in [-0.05, 0) is 61.8 Å². The summed E-state index contributed by atoms with van der Waals surface area (Å²) in [6, 6.07) is 12.1. The molecule has 9 heteroatoms. The summed E-state index contributed by atoms with van der Waals surface area (Å²) in [7, 11) is 1.61. The smallest absolute Gasteiger partial charge is 0.361 e. The van der Waals surface area contributed by atoms with Crippen LogP contribution in [0.2, 0.25) is 10.0 Å². The van der Waals surface area contributed by atoms with E-state index in [1.54, 1.807) is 25.3 Å². The highest BCUT2D eigenvalue weighted by atomic mass is 35.5. The zero-order chi connectivity index (χ0) is 23.1. The quantitative estimate of drug-likeness (QED) is 0.395. The molecule has 3 unspecified atom stereocenters. The highest BCUT2D eigenvalue weighted by Crippen LogP contribution is 2.41. The molecule has 1 amide bonds. The molecular formula is C23H31Cl2N4O3+. The summed E-state index contributed by atoms with van der Waals surface area (Å²) in [5, 5.41) is 15.3. The largest absolute Gasteiger partial charge is 0.497 e. The molecule has 32 heavy (non-hydrogen) atoms. The molecule has 2 aromatic carbocycles. The number of piperidine rings is 1. The first-order chi connectivity index (χ1) is 15.5. The highest BCUT2D eigenvalue weighted by molar-refractivity contribution is 6.36. The van der Waals surface area contributed by atoms with Crippen molar-refractivity contribution < 1.29 is 20.2 Å². The molecule has 2 heterocycles. The standard InChI is InChI=1S/C18H19Cl2N3O3.C5H11N/c1-10-16(18(24)22-25)21-23(15-8-5-12(19)9-14(15)20)17(10)11-3-6-13(26-2)7-4-11;1-2-4-6-5-3-1/h3-10,16-17,21,25H,1-2H3,(H,22,24);6H,1-5H2/p+1. The lowest BCUT2D eigenvalue weighted by atomic mass is 9.90. The van der Waals surface area contributed by atoms with E-state index in [0.29, 0.717) is 21.2 Å². The molecule has 2 aromatic rings. The van der Waals surface area contributed by atoms with Crippen LogP contribution in [0.3, 0.4) is 0 Å². The molecule has 0 spiro atoms. The minimum Gasteiger partial charge on any atom is -0.497 e. The van der Waals surface area contributed by atoms with Crippen LogP contribution < -0.4 is 26.0 Å². The third-order valence-corrected chi connectivity index (χ3v) is 6.39. The number of quaternary nitrogens is 1. The van der Waals surface area contributed by atoms with Crippen LogP contribution in [0.1, 0.15) is 37.8 Å². The van der Waals surface area contributed by atoms with Gasteiger partial charge in [-0.1, -0.05) is 48.7 Å². The van der Waals surface area contributed by atoms with Crippen molar-refractivity contribution in [3.63, 3.8) is 0 Å². The van der Waals surface area contributed by atoms with Crippen molar-refractivity contribution in [1.82, 2.24) is 10.7 Å². The van der Waals surface area contributed by atoms with Gasteiger partial charge in [0.2, 0.25) is 0 Å². The van der Waals surface area contributed by atoms with E-state index in [0.717, 1.165) is 11.3 Å². The molecule has 0 radical (unpaired) electrons. The van der Waals surface area contributed by atoms with Gasteiger partial charge >= 0.3 is 5.91 Å². The van der Waals surface area contributed by atoms with Crippen LogP contribution in [0, 0.1) is 5.92 Å². The lowest BCUT2D eigenvalue weighted by Gasteiger charge is -2.29. The van der Waals surface area contributed by atoms with Gasteiger partial charge < -0.3 is 10.1 Å². The number of hydrazine groups is 1. The maximum absolute atomic E-state index is 12.1. The molecule has 5 N–H and O–H groups in total. The Kier molecular flexibility index (Phi) is 9.16. The van der Waals surface area contributed by atoms with Crippen LogP contribution in [0.25, 0.3) is 0 Å². The van der Waals surface area contributed by atoms with Crippen LogP contribution in [-0.2, 0) is 4.79 Å². The van der Waals surface area contributed by atoms with Crippen molar-refractivity contribution in [2.24, 2.45) is 5.92 Å². The zero-order valence-electron chi connectivity index (χ0n) is 18.4. The molecule has 2 aliphatic rings. The minimum atomic E-state index is -0.571. The number of anilines is 1. The van der Waals surface area contributed by atoms with E-state index in [1.165, 1.54) is 32.4 Å². The van der Waals surface area contributed by atoms with Crippen molar-refractivity contribution in [3.05, 3.63) is 58.1 Å². The van der Waals surface area contributed by atoms with Gasteiger partial charge in [-0.15, -0.1) is 5.48 Å². The number of primary amides is 1. The molecule has 7 nitrogen and oxygen atoms in total. The first-order valence-corrected chi connectivity index (χ1v) is 11.6. The molecule has 3 atom stereocenters. The highest BCUT2D eigenvalue weighted by Gasteiger charge is 2.45. The Morgan fingerprint density at radius 3 is 2.31 bits per heavy atom. The summed E-state index contributed by atoms with van der Waals surface area (Å²) >= 11 is 12.4. The zero-order valence-corrected chi connectivity index (χ0v) is 19.9. The first kappa shape index (κ1) is 24.8. The molecule has 174 valence electrons. The number of halogens is 2. The predicted molar refractivity (Wildman–Crippen MR) is 126 cm³/mol. The number of nitrogens with two attached hydrogens (primary N) is 1. The molecule has 2 saturated heterocycles. The third kappa shape index (κ3) is 5.92. The summed E-state index contributed by atoms with van der Waals surface area (Å²) < 4.78 is 5.22. The van der Waals surface area contributed by atoms with Crippen molar-refractivity contribution in [1.29, 1.82) is 0 Å². The van der Waals surface area contributed by atoms with E-state index in [-0.39, 0.29) is 17.9 Å². The Labute approximate surface area is 199 Å². The van der Waals surface area contributed by atoms with E-state index < -0.39 is 6.04 Å². The fourth-order valence-corrected chi connectivity index (χ4v) is 4.62. The van der Waals surface area contributed by atoms with Crippen LogP contribution in [-0.4, -0.2) is 37.4 Å². The van der Waals surface area contributed by atoms with E-state index in [9.17, 15) is 10.0 Å². The van der Waals surface area contributed by atoms with Crippen LogP contribution >= 0.6 is 23.2 Å². The number of methoxy groups -OCH3 is 1. The van der Waals surface area contributed by atoms with Gasteiger partial charge in [0.15, 0.2) is 0 Å². The van der Waals surface area contributed by atoms with Crippen LogP contribution in [0.15, 0.2) is 42.5 Å². The number of benzene rings is 2. The lowest BCUT2D eigenvalue weighted by Crippen LogP contribution is -2.88. The van der Waals surface area contributed by atoms with Gasteiger partial charge in [0.25, 0.3) is 0 Å². The molecule has 0 aliphatic carbocycles. The summed E-state index contributed by atoms with van der Waals surface area (Å²) in [6.45, 7) is 4.46. The van der Waals surface area contributed by atoms with Crippen LogP contribution in [0.5, 0.6) is 5.75 Å². The monoisotopic (exact) mass is 481 g/mol. The van der Waals surface area contributed by atoms with Gasteiger partial charge in [0, 0.05) is 10.9 Å². The Hall–Kier alpha value is -1.87. The minimum absolute atomic E-state index is 0.119. The maximum atomic E-state index is 12.1. The number of ether oxygens (including phenoxy) is 1. The molecular weight excluding hydrogens is 451 g/mol. The second-order valence-corrected chi connectivity index (χ2v) is 8.84. The number of amides is 1. The fourth-order valence-electron chi connectivity index (χ4n) is 4.12. The van der Waals surface area contributed by atoms with E-state index in [1.807, 2.05) is 36.2 Å². The normalized spacial score (nSPS) is 22.8. The second kappa shape index (κ2) is 11.8. The average molecular weight is 482 g/mol. The number of carbonyl (C=O) groups is 1. The molecule has 0 bridgehead atoms. The van der Waals surface area contributed by atoms with Crippen molar-refractivity contribution in [2.45, 2.75) is 38.3 Å². The van der Waals surface area contributed by atoms with E-state index in [4.69, 9.17) is 27.9 Å². The number of carbonyl (C=O) groups excluding carboxylic acids is 1. The summed E-state index contributed by atoms with van der Waals surface area (Å²) in [5.74, 6) is 0.245. The van der Waals surface area contributed by atoms with Gasteiger partial charge in [0.1, 0.15) is 11.8 Å². The number of nitrogens with zero attached hydrogens (tertiary/aromatic N) is 1. The third-order valence-electron chi connectivity index (χ3n) is 5.85. The molecule has 2 fully saturated rings. The molecule has 0 aromatic heterocycles. The van der Waals surface area contributed by atoms with Gasteiger partial charge in [-0.2, -0.15) is 0 Å². The summed E-state index contributed by atoms with van der Waals surface area (Å²) in [4.78, 5) is 12.1. The number of rotatable bonds is 4. The van der Waals surface area contributed by atoms with Crippen molar-refractivity contribution >= 4 is 34.8 Å².